The van der Waals surface area contributed by atoms with Crippen LogP contribution in [-0.2, 0) is 6.54 Å². The van der Waals surface area contributed by atoms with Gasteiger partial charge in [0.15, 0.2) is 23.2 Å². The summed E-state index contributed by atoms with van der Waals surface area (Å²) >= 11 is 0. The second-order valence-corrected chi connectivity index (χ2v) is 7.81. The van der Waals surface area contributed by atoms with Crippen LogP contribution in [0.3, 0.4) is 0 Å². The molecule has 7 heteroatoms. The smallest absolute Gasteiger partial charge is 0.231 e. The van der Waals surface area contributed by atoms with E-state index in [-0.39, 0.29) is 24.7 Å². The third kappa shape index (κ3) is 4.91. The van der Waals surface area contributed by atoms with E-state index in [0.717, 1.165) is 48.4 Å². The second-order valence-electron chi connectivity index (χ2n) is 7.81. The van der Waals surface area contributed by atoms with Gasteiger partial charge >= 0.3 is 0 Å². The van der Waals surface area contributed by atoms with Gasteiger partial charge in [0.1, 0.15) is 0 Å². The monoisotopic (exact) mass is 408 g/mol. The normalized spacial score (nSPS) is 20.7. The van der Waals surface area contributed by atoms with Gasteiger partial charge in [0.2, 0.25) is 6.79 Å². The highest BCUT2D eigenvalue weighted by atomic mass is 16.7. The fourth-order valence-corrected chi connectivity index (χ4v) is 3.80. The van der Waals surface area contributed by atoms with Crippen molar-refractivity contribution < 1.29 is 14.3 Å². The van der Waals surface area contributed by atoms with E-state index in [4.69, 9.17) is 20.2 Å². The molecule has 30 heavy (non-hydrogen) atoms. The molecule has 1 heterocycles. The van der Waals surface area contributed by atoms with Crippen LogP contribution in [0.2, 0.25) is 0 Å². The third-order valence-corrected chi connectivity index (χ3v) is 5.53. The van der Waals surface area contributed by atoms with Crippen molar-refractivity contribution in [1.29, 1.82) is 0 Å². The number of ketones is 1. The van der Waals surface area contributed by atoms with E-state index >= 15 is 0 Å². The van der Waals surface area contributed by atoms with Crippen LogP contribution < -0.4 is 25.8 Å². The number of aliphatic imine (C=N–C) groups is 1. The van der Waals surface area contributed by atoms with Crippen LogP contribution in [0.5, 0.6) is 11.5 Å². The van der Waals surface area contributed by atoms with Gasteiger partial charge in [-0.2, -0.15) is 0 Å². The second kappa shape index (κ2) is 9.17. The number of benzene rings is 2. The van der Waals surface area contributed by atoms with Gasteiger partial charge in [-0.15, -0.1) is 0 Å². The van der Waals surface area contributed by atoms with Crippen LogP contribution in [-0.4, -0.2) is 30.6 Å². The average molecular weight is 409 g/mol. The summed E-state index contributed by atoms with van der Waals surface area (Å²) in [6, 6.07) is 13.5. The Balaban J connectivity index is 1.53. The molecule has 0 radical (unpaired) electrons. The molecular weight excluding hydrogens is 380 g/mol. The number of carbonyl (C=O) groups excluding carboxylic acids is 1. The van der Waals surface area contributed by atoms with E-state index in [2.05, 4.69) is 10.6 Å². The van der Waals surface area contributed by atoms with Crippen molar-refractivity contribution in [3.05, 3.63) is 53.6 Å². The molecule has 0 amide bonds. The van der Waals surface area contributed by atoms with Crippen molar-refractivity contribution in [2.75, 3.05) is 12.1 Å². The number of ether oxygens (including phenoxy) is 2. The van der Waals surface area contributed by atoms with Crippen LogP contribution in [0.1, 0.15) is 48.5 Å². The van der Waals surface area contributed by atoms with Crippen molar-refractivity contribution in [2.24, 2.45) is 10.7 Å². The van der Waals surface area contributed by atoms with Gasteiger partial charge in [-0.05, 0) is 49.6 Å². The molecule has 1 saturated carbocycles. The fraction of sp³-hybridized carbons (Fsp3) is 0.391. The number of hydrogen-bond donors (Lipinski definition) is 3. The van der Waals surface area contributed by atoms with Gasteiger partial charge in [-0.1, -0.05) is 31.0 Å². The Morgan fingerprint density at radius 3 is 2.80 bits per heavy atom. The first-order valence-electron chi connectivity index (χ1n) is 10.4. The van der Waals surface area contributed by atoms with E-state index in [1.54, 1.807) is 13.0 Å². The number of fused-ring (bicyclic) bond motifs is 1. The Hall–Kier alpha value is -3.06. The lowest BCUT2D eigenvalue weighted by molar-refractivity contribution is 0.101. The number of anilines is 1. The Morgan fingerprint density at radius 1 is 1.13 bits per heavy atom. The quantitative estimate of drug-likeness (QED) is 0.398. The molecule has 158 valence electrons. The molecule has 1 aliphatic carbocycles. The van der Waals surface area contributed by atoms with Crippen molar-refractivity contribution in [1.82, 2.24) is 5.32 Å². The number of Topliss-reactive ketones (excluding diaryl/α,β-unsaturated/α-hetero) is 1. The lowest BCUT2D eigenvalue weighted by Gasteiger charge is -2.30. The Bertz CT molecular complexity index is 944. The average Bonchev–Trinajstić information content (AvgIpc) is 3.22. The molecule has 2 atom stereocenters. The highest BCUT2D eigenvalue weighted by Gasteiger charge is 2.23. The minimum Gasteiger partial charge on any atom is -0.454 e. The van der Waals surface area contributed by atoms with E-state index in [9.17, 15) is 4.79 Å². The molecule has 1 fully saturated rings. The van der Waals surface area contributed by atoms with Gasteiger partial charge in [-0.25, -0.2) is 4.99 Å². The van der Waals surface area contributed by atoms with Crippen LogP contribution in [0.25, 0.3) is 0 Å². The third-order valence-electron chi connectivity index (χ3n) is 5.53. The molecule has 0 unspecified atom stereocenters. The Labute approximate surface area is 176 Å². The van der Waals surface area contributed by atoms with Gasteiger partial charge < -0.3 is 25.8 Å². The number of nitrogens with zero attached hydrogens (tertiary/aromatic N) is 1. The van der Waals surface area contributed by atoms with E-state index in [1.807, 2.05) is 36.4 Å². The summed E-state index contributed by atoms with van der Waals surface area (Å²) in [6.45, 7) is 2.29. The number of guanidine groups is 1. The number of carbonyl (C=O) groups is 1. The standard InChI is InChI=1S/C23H28N4O3/c1-15(28)17-5-4-6-18(12-17)26-23(27-20-8-3-2-7-19(20)24)25-13-16-9-10-21-22(11-16)30-14-29-21/h4-6,9-12,19-20H,2-3,7-8,13-14,24H2,1H3,(H2,25,26,27)/t19-,20-/m0/s1. The molecule has 0 spiro atoms. The van der Waals surface area contributed by atoms with Gasteiger partial charge in [-0.3, -0.25) is 4.79 Å². The molecule has 4 rings (SSSR count). The highest BCUT2D eigenvalue weighted by molar-refractivity contribution is 5.98. The number of nitrogens with two attached hydrogens (primary N) is 1. The molecule has 0 bridgehead atoms. The molecule has 2 aromatic rings. The first kappa shape index (κ1) is 20.2. The molecule has 2 aliphatic rings. The largest absolute Gasteiger partial charge is 0.454 e. The zero-order valence-corrected chi connectivity index (χ0v) is 17.2. The Kier molecular flexibility index (Phi) is 6.18. The van der Waals surface area contributed by atoms with E-state index in [0.29, 0.717) is 18.1 Å². The Morgan fingerprint density at radius 2 is 1.97 bits per heavy atom. The first-order valence-corrected chi connectivity index (χ1v) is 10.4. The minimum absolute atomic E-state index is 0.0276. The lowest BCUT2D eigenvalue weighted by atomic mass is 9.91. The molecule has 4 N–H and O–H groups in total. The molecule has 0 aromatic heterocycles. The van der Waals surface area contributed by atoms with Gasteiger partial charge in [0.05, 0.1) is 6.54 Å². The van der Waals surface area contributed by atoms with Crippen LogP contribution in [0.4, 0.5) is 5.69 Å². The first-order chi connectivity index (χ1) is 14.6. The summed E-state index contributed by atoms with van der Waals surface area (Å²) in [4.78, 5) is 16.5. The van der Waals surface area contributed by atoms with Crippen molar-refractivity contribution in [3.63, 3.8) is 0 Å². The molecule has 1 aliphatic heterocycles. The summed E-state index contributed by atoms with van der Waals surface area (Å²) in [7, 11) is 0. The summed E-state index contributed by atoms with van der Waals surface area (Å²) < 4.78 is 10.8. The maximum absolute atomic E-state index is 11.7. The SMILES string of the molecule is CC(=O)c1cccc(NC(=NCc2ccc3c(c2)OCO3)N[C@H]2CCCC[C@@H]2N)c1. The molecule has 0 saturated heterocycles. The van der Waals surface area contributed by atoms with E-state index in [1.165, 1.54) is 0 Å². The van der Waals surface area contributed by atoms with Gasteiger partial charge in [0.25, 0.3) is 0 Å². The highest BCUT2D eigenvalue weighted by Crippen LogP contribution is 2.32. The van der Waals surface area contributed by atoms with Crippen LogP contribution >= 0.6 is 0 Å². The summed E-state index contributed by atoms with van der Waals surface area (Å²) in [5, 5.41) is 6.84. The number of hydrogen-bond acceptors (Lipinski definition) is 5. The summed E-state index contributed by atoms with van der Waals surface area (Å²) in [5.41, 5.74) is 8.82. The lowest BCUT2D eigenvalue weighted by Crippen LogP contribution is -2.51. The zero-order chi connectivity index (χ0) is 20.9. The van der Waals surface area contributed by atoms with Gasteiger partial charge in [0, 0.05) is 23.3 Å². The number of rotatable bonds is 5. The molecule has 2 aromatic carbocycles. The van der Waals surface area contributed by atoms with Crippen molar-refractivity contribution >= 4 is 17.4 Å². The predicted octanol–water partition coefficient (Wildman–Crippen LogP) is 3.45. The maximum Gasteiger partial charge on any atom is 0.231 e. The number of nitrogens with one attached hydrogen (secondary N) is 2. The van der Waals surface area contributed by atoms with Crippen molar-refractivity contribution in [2.45, 2.75) is 51.2 Å². The van der Waals surface area contributed by atoms with Crippen LogP contribution in [0.15, 0.2) is 47.5 Å². The predicted molar refractivity (Wildman–Crippen MR) is 117 cm³/mol. The minimum atomic E-state index is 0.0276. The summed E-state index contributed by atoms with van der Waals surface area (Å²) in [5.74, 6) is 2.18. The van der Waals surface area contributed by atoms with Crippen molar-refractivity contribution in [3.8, 4) is 11.5 Å². The van der Waals surface area contributed by atoms with E-state index < -0.39 is 0 Å². The summed E-state index contributed by atoms with van der Waals surface area (Å²) in [6.07, 6.45) is 4.34. The zero-order valence-electron chi connectivity index (χ0n) is 17.2. The maximum atomic E-state index is 11.7. The molecule has 7 nitrogen and oxygen atoms in total. The fourth-order valence-electron chi connectivity index (χ4n) is 3.80. The molecular formula is C23H28N4O3. The van der Waals surface area contributed by atoms with Crippen LogP contribution in [0, 0.1) is 0 Å². The topological polar surface area (TPSA) is 98.0 Å².